The summed E-state index contributed by atoms with van der Waals surface area (Å²) in [5.41, 5.74) is 0.362. The summed E-state index contributed by atoms with van der Waals surface area (Å²) in [6, 6.07) is 3.85. The number of carboxylic acid groups (broad SMARTS) is 1. The van der Waals surface area contributed by atoms with Crippen molar-refractivity contribution in [3.05, 3.63) is 29.3 Å². The van der Waals surface area contributed by atoms with Gasteiger partial charge in [-0.3, -0.25) is 0 Å². The third-order valence-corrected chi connectivity index (χ3v) is 2.03. The number of carboxylic acids is 1. The van der Waals surface area contributed by atoms with E-state index in [9.17, 15) is 14.7 Å². The van der Waals surface area contributed by atoms with E-state index in [-0.39, 0.29) is 24.5 Å². The molecule has 0 radical (unpaired) electrons. The van der Waals surface area contributed by atoms with E-state index in [1.807, 2.05) is 0 Å². The van der Waals surface area contributed by atoms with Gasteiger partial charge >= 0.3 is 12.1 Å². The number of hydrogen-bond donors (Lipinski definition) is 3. The Morgan fingerprint density at radius 1 is 1.41 bits per heavy atom. The van der Waals surface area contributed by atoms with Crippen LogP contribution in [0.1, 0.15) is 22.8 Å². The molecular formula is C11H13NO5. The van der Waals surface area contributed by atoms with Crippen molar-refractivity contribution in [2.75, 3.05) is 6.61 Å². The van der Waals surface area contributed by atoms with E-state index >= 15 is 0 Å². The van der Waals surface area contributed by atoms with Crippen molar-refractivity contribution in [1.82, 2.24) is 5.32 Å². The fourth-order valence-electron chi connectivity index (χ4n) is 1.21. The van der Waals surface area contributed by atoms with Crippen LogP contribution in [-0.2, 0) is 11.3 Å². The fraction of sp³-hybridized carbons (Fsp3) is 0.273. The zero-order chi connectivity index (χ0) is 12.8. The highest BCUT2D eigenvalue weighted by Crippen LogP contribution is 2.18. The number of ether oxygens (including phenoxy) is 1. The Morgan fingerprint density at radius 2 is 2.12 bits per heavy atom. The van der Waals surface area contributed by atoms with Crippen LogP contribution in [0.4, 0.5) is 4.79 Å². The largest absolute Gasteiger partial charge is 0.508 e. The molecule has 0 aromatic heterocycles. The van der Waals surface area contributed by atoms with Crippen molar-refractivity contribution in [3.63, 3.8) is 0 Å². The molecule has 6 nitrogen and oxygen atoms in total. The van der Waals surface area contributed by atoms with Crippen molar-refractivity contribution in [1.29, 1.82) is 0 Å². The minimum Gasteiger partial charge on any atom is -0.508 e. The van der Waals surface area contributed by atoms with Crippen LogP contribution in [0.5, 0.6) is 5.75 Å². The first-order chi connectivity index (χ1) is 8.04. The molecule has 1 aromatic rings. The zero-order valence-electron chi connectivity index (χ0n) is 9.27. The molecule has 0 unspecified atom stereocenters. The Hall–Kier alpha value is -2.24. The molecule has 0 aliphatic carbocycles. The Balaban J connectivity index is 2.73. The summed E-state index contributed by atoms with van der Waals surface area (Å²) in [6.45, 7) is 1.92. The number of amides is 1. The molecule has 17 heavy (non-hydrogen) atoms. The number of phenolic OH excluding ortho intramolecular Hbond substituents is 1. The predicted molar refractivity (Wildman–Crippen MR) is 58.9 cm³/mol. The number of carbonyl (C=O) groups is 2. The van der Waals surface area contributed by atoms with Gasteiger partial charge in [-0.2, -0.15) is 0 Å². The number of hydrogen-bond acceptors (Lipinski definition) is 4. The topological polar surface area (TPSA) is 95.9 Å². The SMILES string of the molecule is CCOC(=O)NCc1cc(C(=O)O)ccc1O. The molecule has 6 heteroatoms. The average Bonchev–Trinajstić information content (AvgIpc) is 2.28. The van der Waals surface area contributed by atoms with E-state index in [2.05, 4.69) is 10.1 Å². The smallest absolute Gasteiger partial charge is 0.407 e. The summed E-state index contributed by atoms with van der Waals surface area (Å²) in [4.78, 5) is 21.7. The molecule has 1 aromatic carbocycles. The number of carbonyl (C=O) groups excluding carboxylic acids is 1. The lowest BCUT2D eigenvalue weighted by Crippen LogP contribution is -2.23. The van der Waals surface area contributed by atoms with Gasteiger partial charge in [-0.15, -0.1) is 0 Å². The maximum Gasteiger partial charge on any atom is 0.407 e. The van der Waals surface area contributed by atoms with Gasteiger partial charge in [0.05, 0.1) is 12.2 Å². The molecule has 0 atom stereocenters. The Bertz CT molecular complexity index is 430. The standard InChI is InChI=1S/C11H13NO5/c1-2-17-11(16)12-6-8-5-7(10(14)15)3-4-9(8)13/h3-5,13H,2,6H2,1H3,(H,12,16)(H,14,15). The summed E-state index contributed by atoms with van der Waals surface area (Å²) >= 11 is 0. The molecule has 0 aliphatic heterocycles. The van der Waals surface area contributed by atoms with Crippen molar-refractivity contribution in [2.45, 2.75) is 13.5 Å². The van der Waals surface area contributed by atoms with E-state index in [4.69, 9.17) is 5.11 Å². The Morgan fingerprint density at radius 3 is 2.71 bits per heavy atom. The van der Waals surface area contributed by atoms with Crippen LogP contribution in [0.3, 0.4) is 0 Å². The van der Waals surface area contributed by atoms with E-state index in [1.54, 1.807) is 6.92 Å². The second-order valence-electron chi connectivity index (χ2n) is 3.22. The normalized spacial score (nSPS) is 9.71. The summed E-state index contributed by atoms with van der Waals surface area (Å²) in [7, 11) is 0. The number of phenols is 1. The quantitative estimate of drug-likeness (QED) is 0.736. The van der Waals surface area contributed by atoms with Gasteiger partial charge in [0.15, 0.2) is 0 Å². The van der Waals surface area contributed by atoms with Crippen molar-refractivity contribution in [3.8, 4) is 5.75 Å². The van der Waals surface area contributed by atoms with Crippen LogP contribution in [0.2, 0.25) is 0 Å². The predicted octanol–water partition coefficient (Wildman–Crippen LogP) is 1.34. The summed E-state index contributed by atoms with van der Waals surface area (Å²) < 4.78 is 4.63. The summed E-state index contributed by atoms with van der Waals surface area (Å²) in [5.74, 6) is -1.17. The third kappa shape index (κ3) is 3.67. The van der Waals surface area contributed by atoms with Crippen LogP contribution in [0.15, 0.2) is 18.2 Å². The van der Waals surface area contributed by atoms with Gasteiger partial charge < -0.3 is 20.3 Å². The van der Waals surface area contributed by atoms with Gasteiger partial charge in [0, 0.05) is 12.1 Å². The average molecular weight is 239 g/mol. The first kappa shape index (κ1) is 12.8. The van der Waals surface area contributed by atoms with Gasteiger partial charge in [-0.1, -0.05) is 0 Å². The molecular weight excluding hydrogens is 226 g/mol. The van der Waals surface area contributed by atoms with Crippen LogP contribution in [0.25, 0.3) is 0 Å². The number of nitrogens with one attached hydrogen (secondary N) is 1. The van der Waals surface area contributed by atoms with Crippen LogP contribution in [-0.4, -0.2) is 28.9 Å². The maximum absolute atomic E-state index is 11.0. The maximum atomic E-state index is 11.0. The summed E-state index contributed by atoms with van der Waals surface area (Å²) in [6.07, 6.45) is -0.618. The zero-order valence-corrected chi connectivity index (χ0v) is 9.27. The first-order valence-electron chi connectivity index (χ1n) is 5.00. The van der Waals surface area contributed by atoms with Crippen LogP contribution in [0, 0.1) is 0 Å². The number of benzene rings is 1. The van der Waals surface area contributed by atoms with Gasteiger partial charge in [0.2, 0.25) is 0 Å². The minimum atomic E-state index is -1.10. The number of aromatic hydroxyl groups is 1. The lowest BCUT2D eigenvalue weighted by molar-refractivity contribution is 0.0696. The molecule has 3 N–H and O–H groups in total. The molecule has 0 fully saturated rings. The highest BCUT2D eigenvalue weighted by Gasteiger charge is 2.09. The van der Waals surface area contributed by atoms with E-state index in [0.29, 0.717) is 5.56 Å². The molecule has 0 saturated heterocycles. The van der Waals surface area contributed by atoms with Crippen LogP contribution >= 0.6 is 0 Å². The molecule has 0 saturated carbocycles. The lowest BCUT2D eigenvalue weighted by atomic mass is 10.1. The van der Waals surface area contributed by atoms with Gasteiger partial charge in [-0.25, -0.2) is 9.59 Å². The van der Waals surface area contributed by atoms with E-state index in [0.717, 1.165) is 0 Å². The van der Waals surface area contributed by atoms with Crippen LogP contribution < -0.4 is 5.32 Å². The second kappa shape index (κ2) is 5.74. The first-order valence-corrected chi connectivity index (χ1v) is 5.00. The highest BCUT2D eigenvalue weighted by atomic mass is 16.5. The number of alkyl carbamates (subject to hydrolysis) is 1. The minimum absolute atomic E-state index is 0.00574. The third-order valence-electron chi connectivity index (χ3n) is 2.03. The van der Waals surface area contributed by atoms with E-state index < -0.39 is 12.1 Å². The molecule has 0 aliphatic rings. The van der Waals surface area contributed by atoms with Gasteiger partial charge in [0.25, 0.3) is 0 Å². The molecule has 92 valence electrons. The van der Waals surface area contributed by atoms with Crippen molar-refractivity contribution in [2.24, 2.45) is 0 Å². The molecule has 0 spiro atoms. The molecule has 1 rings (SSSR count). The van der Waals surface area contributed by atoms with Crippen molar-refractivity contribution >= 4 is 12.1 Å². The number of aromatic carboxylic acids is 1. The lowest BCUT2D eigenvalue weighted by Gasteiger charge is -2.07. The molecule has 0 bridgehead atoms. The van der Waals surface area contributed by atoms with E-state index in [1.165, 1.54) is 18.2 Å². The summed E-state index contributed by atoms with van der Waals surface area (Å²) in [5, 5.41) is 20.6. The van der Waals surface area contributed by atoms with Gasteiger partial charge in [-0.05, 0) is 25.1 Å². The van der Waals surface area contributed by atoms with Gasteiger partial charge in [0.1, 0.15) is 5.75 Å². The highest BCUT2D eigenvalue weighted by molar-refractivity contribution is 5.88. The van der Waals surface area contributed by atoms with Crippen molar-refractivity contribution < 1.29 is 24.5 Å². The Labute approximate surface area is 97.8 Å². The Kier molecular flexibility index (Phi) is 4.33. The molecule has 0 heterocycles. The monoisotopic (exact) mass is 239 g/mol. The number of rotatable bonds is 4. The second-order valence-corrected chi connectivity index (χ2v) is 3.22. The fourth-order valence-corrected chi connectivity index (χ4v) is 1.21. The molecule has 1 amide bonds.